The molecule has 1 saturated heterocycles. The monoisotopic (exact) mass is 312 g/mol. The summed E-state index contributed by atoms with van der Waals surface area (Å²) in [5, 5.41) is 7.89. The van der Waals surface area contributed by atoms with Gasteiger partial charge in [-0.15, -0.1) is 0 Å². The Morgan fingerprint density at radius 3 is 2.83 bits per heavy atom. The lowest BCUT2D eigenvalue weighted by Gasteiger charge is -2.38. The second kappa shape index (κ2) is 6.96. The number of guanidine groups is 1. The minimum Gasteiger partial charge on any atom is -0.380 e. The van der Waals surface area contributed by atoms with Gasteiger partial charge in [0.15, 0.2) is 5.96 Å². The maximum absolute atomic E-state index is 5.30. The van der Waals surface area contributed by atoms with Gasteiger partial charge in [0.25, 0.3) is 0 Å². The van der Waals surface area contributed by atoms with Crippen LogP contribution in [-0.2, 0) is 11.3 Å². The van der Waals surface area contributed by atoms with Crippen LogP contribution < -0.4 is 10.6 Å². The van der Waals surface area contributed by atoms with Gasteiger partial charge in [0.05, 0.1) is 25.3 Å². The summed E-state index contributed by atoms with van der Waals surface area (Å²) >= 11 is 0. The molecule has 1 aromatic carbocycles. The SMILES string of the molecule is CCNC(=NCc1ccnc2ccccc12)NCC1(C)COC1. The molecule has 0 aliphatic carbocycles. The molecule has 1 aromatic heterocycles. The lowest BCUT2D eigenvalue weighted by Crippen LogP contribution is -2.51. The smallest absolute Gasteiger partial charge is 0.191 e. The van der Waals surface area contributed by atoms with Crippen molar-refractivity contribution in [1.29, 1.82) is 0 Å². The Hall–Kier alpha value is -2.14. The number of aliphatic imine (C=N–C) groups is 1. The molecule has 0 amide bonds. The third kappa shape index (κ3) is 3.79. The molecular formula is C18H24N4O. The fourth-order valence-electron chi connectivity index (χ4n) is 2.65. The van der Waals surface area contributed by atoms with Crippen LogP contribution in [0.3, 0.4) is 0 Å². The zero-order valence-electron chi connectivity index (χ0n) is 13.8. The number of nitrogens with one attached hydrogen (secondary N) is 2. The number of pyridine rings is 1. The van der Waals surface area contributed by atoms with Crippen LogP contribution in [0.25, 0.3) is 10.9 Å². The van der Waals surface area contributed by atoms with Gasteiger partial charge in [-0.25, -0.2) is 4.99 Å². The van der Waals surface area contributed by atoms with Crippen LogP contribution in [-0.4, -0.2) is 37.2 Å². The first kappa shape index (κ1) is 15.7. The van der Waals surface area contributed by atoms with Gasteiger partial charge in [-0.2, -0.15) is 0 Å². The van der Waals surface area contributed by atoms with E-state index in [1.807, 2.05) is 30.5 Å². The maximum Gasteiger partial charge on any atom is 0.191 e. The van der Waals surface area contributed by atoms with E-state index in [4.69, 9.17) is 9.73 Å². The third-order valence-corrected chi connectivity index (χ3v) is 4.07. The fourth-order valence-corrected chi connectivity index (χ4v) is 2.65. The first-order valence-corrected chi connectivity index (χ1v) is 8.13. The summed E-state index contributed by atoms with van der Waals surface area (Å²) in [6.45, 7) is 8.27. The Balaban J connectivity index is 1.71. The van der Waals surface area contributed by atoms with E-state index in [9.17, 15) is 0 Å². The summed E-state index contributed by atoms with van der Waals surface area (Å²) < 4.78 is 5.30. The average molecular weight is 312 g/mol. The molecule has 5 nitrogen and oxygen atoms in total. The Kier molecular flexibility index (Phi) is 4.76. The van der Waals surface area contributed by atoms with Gasteiger partial charge >= 0.3 is 0 Å². The van der Waals surface area contributed by atoms with E-state index in [2.05, 4.69) is 35.5 Å². The average Bonchev–Trinajstić information content (AvgIpc) is 2.55. The molecule has 2 N–H and O–H groups in total. The van der Waals surface area contributed by atoms with E-state index in [0.29, 0.717) is 6.54 Å². The van der Waals surface area contributed by atoms with Gasteiger partial charge in [0.1, 0.15) is 0 Å². The predicted octanol–water partition coefficient (Wildman–Crippen LogP) is 2.33. The molecule has 1 aliphatic heterocycles. The first-order valence-electron chi connectivity index (χ1n) is 8.13. The molecule has 0 atom stereocenters. The Bertz CT molecular complexity index is 689. The number of hydrogen-bond acceptors (Lipinski definition) is 3. The molecule has 0 spiro atoms. The Morgan fingerprint density at radius 1 is 1.26 bits per heavy atom. The van der Waals surface area contributed by atoms with Crippen molar-refractivity contribution in [2.45, 2.75) is 20.4 Å². The molecule has 2 aromatic rings. The topological polar surface area (TPSA) is 58.5 Å². The summed E-state index contributed by atoms with van der Waals surface area (Å²) in [6.07, 6.45) is 1.85. The highest BCUT2D eigenvalue weighted by Crippen LogP contribution is 2.25. The molecule has 3 rings (SSSR count). The van der Waals surface area contributed by atoms with E-state index < -0.39 is 0 Å². The molecule has 1 aliphatic rings. The highest BCUT2D eigenvalue weighted by atomic mass is 16.5. The second-order valence-electron chi connectivity index (χ2n) is 6.34. The van der Waals surface area contributed by atoms with Gasteiger partial charge in [-0.3, -0.25) is 4.98 Å². The standard InChI is InChI=1S/C18H24N4O/c1-3-19-17(22-11-18(2)12-23-13-18)21-10-14-8-9-20-16-7-5-4-6-15(14)16/h4-9H,3,10-13H2,1-2H3,(H2,19,21,22). The van der Waals surface area contributed by atoms with Crippen LogP contribution in [0.15, 0.2) is 41.5 Å². The number of para-hydroxylation sites is 1. The molecule has 0 bridgehead atoms. The molecule has 23 heavy (non-hydrogen) atoms. The molecular weight excluding hydrogens is 288 g/mol. The zero-order valence-corrected chi connectivity index (χ0v) is 13.8. The van der Waals surface area contributed by atoms with E-state index in [1.54, 1.807) is 0 Å². The molecule has 5 heteroatoms. The van der Waals surface area contributed by atoms with Crippen molar-refractivity contribution in [1.82, 2.24) is 15.6 Å². The van der Waals surface area contributed by atoms with Gasteiger partial charge in [-0.05, 0) is 24.6 Å². The van der Waals surface area contributed by atoms with Crippen LogP contribution in [0.5, 0.6) is 0 Å². The summed E-state index contributed by atoms with van der Waals surface area (Å²) in [5.74, 6) is 0.849. The lowest BCUT2D eigenvalue weighted by molar-refractivity contribution is -0.0971. The van der Waals surface area contributed by atoms with Crippen molar-refractivity contribution in [2.24, 2.45) is 10.4 Å². The largest absolute Gasteiger partial charge is 0.380 e. The number of benzene rings is 1. The quantitative estimate of drug-likeness (QED) is 0.657. The van der Waals surface area contributed by atoms with Crippen molar-refractivity contribution in [3.05, 3.63) is 42.1 Å². The van der Waals surface area contributed by atoms with E-state index in [-0.39, 0.29) is 5.41 Å². The molecule has 0 radical (unpaired) electrons. The van der Waals surface area contributed by atoms with Crippen molar-refractivity contribution >= 4 is 16.9 Å². The number of hydrogen-bond donors (Lipinski definition) is 2. The zero-order chi connectivity index (χ0) is 16.1. The second-order valence-corrected chi connectivity index (χ2v) is 6.34. The Labute approximate surface area is 137 Å². The first-order chi connectivity index (χ1) is 11.2. The van der Waals surface area contributed by atoms with E-state index in [1.165, 1.54) is 5.56 Å². The van der Waals surface area contributed by atoms with Gasteiger partial charge in [0, 0.05) is 30.1 Å². The minimum absolute atomic E-state index is 0.222. The Morgan fingerprint density at radius 2 is 2.09 bits per heavy atom. The molecule has 0 saturated carbocycles. The van der Waals surface area contributed by atoms with Crippen LogP contribution in [0.1, 0.15) is 19.4 Å². The predicted molar refractivity (Wildman–Crippen MR) is 93.5 cm³/mol. The molecule has 122 valence electrons. The summed E-state index contributed by atoms with van der Waals surface area (Å²) in [7, 11) is 0. The maximum atomic E-state index is 5.30. The number of ether oxygens (including phenoxy) is 1. The van der Waals surface area contributed by atoms with Crippen LogP contribution in [0.4, 0.5) is 0 Å². The number of rotatable bonds is 5. The van der Waals surface area contributed by atoms with Crippen molar-refractivity contribution in [3.63, 3.8) is 0 Å². The fraction of sp³-hybridized carbons (Fsp3) is 0.444. The van der Waals surface area contributed by atoms with Gasteiger partial charge in [-0.1, -0.05) is 25.1 Å². The van der Waals surface area contributed by atoms with E-state index in [0.717, 1.165) is 43.2 Å². The molecule has 0 unspecified atom stereocenters. The van der Waals surface area contributed by atoms with Crippen LogP contribution in [0.2, 0.25) is 0 Å². The molecule has 2 heterocycles. The number of aromatic nitrogens is 1. The number of fused-ring (bicyclic) bond motifs is 1. The summed E-state index contributed by atoms with van der Waals surface area (Å²) in [5.41, 5.74) is 2.42. The lowest BCUT2D eigenvalue weighted by atomic mass is 9.89. The minimum atomic E-state index is 0.222. The number of nitrogens with zero attached hydrogens (tertiary/aromatic N) is 2. The third-order valence-electron chi connectivity index (χ3n) is 4.07. The van der Waals surface area contributed by atoms with Crippen LogP contribution >= 0.6 is 0 Å². The highest BCUT2D eigenvalue weighted by Gasteiger charge is 2.33. The highest BCUT2D eigenvalue weighted by molar-refractivity contribution is 5.83. The van der Waals surface area contributed by atoms with Crippen LogP contribution in [0, 0.1) is 5.41 Å². The van der Waals surface area contributed by atoms with Gasteiger partial charge in [0.2, 0.25) is 0 Å². The summed E-state index contributed by atoms with van der Waals surface area (Å²) in [6, 6.07) is 10.2. The summed E-state index contributed by atoms with van der Waals surface area (Å²) in [4.78, 5) is 9.12. The van der Waals surface area contributed by atoms with Gasteiger partial charge < -0.3 is 15.4 Å². The normalized spacial score (nSPS) is 16.9. The van der Waals surface area contributed by atoms with E-state index >= 15 is 0 Å². The van der Waals surface area contributed by atoms with Crippen molar-refractivity contribution in [2.75, 3.05) is 26.3 Å². The van der Waals surface area contributed by atoms with Crippen molar-refractivity contribution < 1.29 is 4.74 Å². The van der Waals surface area contributed by atoms with Crippen molar-refractivity contribution in [3.8, 4) is 0 Å². The molecule has 1 fully saturated rings.